The molecule has 0 aromatic heterocycles. The van der Waals surface area contributed by atoms with Crippen molar-refractivity contribution in [3.63, 3.8) is 0 Å². The van der Waals surface area contributed by atoms with E-state index >= 15 is 0 Å². The highest BCUT2D eigenvalue weighted by Gasteiger charge is 2.25. The largest absolute Gasteiger partial charge is 0.467 e. The lowest BCUT2D eigenvalue weighted by Crippen LogP contribution is -2.44. The molecule has 0 aliphatic carbocycles. The summed E-state index contributed by atoms with van der Waals surface area (Å²) >= 11 is 0. The van der Waals surface area contributed by atoms with Gasteiger partial charge in [0.05, 0.1) is 13.7 Å². The predicted octanol–water partition coefficient (Wildman–Crippen LogP) is 0.537. The van der Waals surface area contributed by atoms with Crippen molar-refractivity contribution < 1.29 is 28.2 Å². The number of aliphatic hydroxyl groups excluding tert-OH is 1. The van der Waals surface area contributed by atoms with Crippen molar-refractivity contribution >= 4 is 11.9 Å². The average molecular weight is 273 g/mol. The minimum Gasteiger partial charge on any atom is -0.467 e. The summed E-state index contributed by atoms with van der Waals surface area (Å²) in [6.07, 6.45) is 0. The van der Waals surface area contributed by atoms with Crippen LogP contribution in [0.2, 0.25) is 0 Å². The Morgan fingerprint density at radius 3 is 2.58 bits per heavy atom. The molecule has 1 rings (SSSR count). The van der Waals surface area contributed by atoms with Gasteiger partial charge in [-0.05, 0) is 18.6 Å². The fourth-order valence-corrected chi connectivity index (χ4v) is 1.42. The van der Waals surface area contributed by atoms with Gasteiger partial charge in [-0.25, -0.2) is 13.6 Å². The number of halogens is 2. The van der Waals surface area contributed by atoms with Crippen molar-refractivity contribution in [1.29, 1.82) is 0 Å². The van der Waals surface area contributed by atoms with Crippen LogP contribution in [0.5, 0.6) is 0 Å². The second-order valence-corrected chi connectivity index (χ2v) is 3.79. The predicted molar refractivity (Wildman–Crippen MR) is 61.5 cm³/mol. The third kappa shape index (κ3) is 3.25. The number of hydrogen-bond donors (Lipinski definition) is 2. The van der Waals surface area contributed by atoms with Gasteiger partial charge in [0.25, 0.3) is 5.91 Å². The van der Waals surface area contributed by atoms with Crippen LogP contribution in [-0.4, -0.2) is 36.7 Å². The van der Waals surface area contributed by atoms with Crippen LogP contribution in [0.4, 0.5) is 8.78 Å². The van der Waals surface area contributed by atoms with Gasteiger partial charge in [0, 0.05) is 0 Å². The molecule has 1 aromatic rings. The number of aliphatic hydroxyl groups is 1. The molecule has 0 radical (unpaired) electrons. The number of esters is 1. The summed E-state index contributed by atoms with van der Waals surface area (Å²) < 4.78 is 31.4. The fraction of sp³-hybridized carbons (Fsp3) is 0.333. The van der Waals surface area contributed by atoms with Gasteiger partial charge in [0.2, 0.25) is 0 Å². The number of ether oxygens (including phenoxy) is 1. The number of rotatable bonds is 4. The van der Waals surface area contributed by atoms with Crippen LogP contribution in [0, 0.1) is 18.6 Å². The second-order valence-electron chi connectivity index (χ2n) is 3.79. The van der Waals surface area contributed by atoms with Crippen LogP contribution in [0.1, 0.15) is 15.9 Å². The van der Waals surface area contributed by atoms with E-state index in [-0.39, 0.29) is 5.56 Å². The van der Waals surface area contributed by atoms with Gasteiger partial charge in [0.1, 0.15) is 17.2 Å². The molecule has 1 aromatic carbocycles. The van der Waals surface area contributed by atoms with E-state index in [0.29, 0.717) is 0 Å². The first kappa shape index (κ1) is 15.0. The number of methoxy groups -OCH3 is 1. The Balaban J connectivity index is 3.01. The minimum atomic E-state index is -1.38. The molecule has 7 heteroatoms. The summed E-state index contributed by atoms with van der Waals surface area (Å²) in [6.45, 7) is 0.628. The number of amides is 1. The standard InChI is InChI=1S/C12H13F2NO4/c1-6-3-4-7(13)9(10(6)14)11(17)15-8(5-16)12(18)19-2/h3-4,8,16H,5H2,1-2H3,(H,15,17). The Kier molecular flexibility index (Phi) is 4.94. The third-order valence-electron chi connectivity index (χ3n) is 2.48. The monoisotopic (exact) mass is 273 g/mol. The van der Waals surface area contributed by atoms with Gasteiger partial charge in [-0.2, -0.15) is 0 Å². The lowest BCUT2D eigenvalue weighted by Gasteiger charge is -2.14. The van der Waals surface area contributed by atoms with Gasteiger partial charge < -0.3 is 15.2 Å². The molecule has 0 aliphatic heterocycles. The van der Waals surface area contributed by atoms with E-state index in [1.54, 1.807) is 0 Å². The van der Waals surface area contributed by atoms with Crippen molar-refractivity contribution in [2.75, 3.05) is 13.7 Å². The Hall–Kier alpha value is -2.02. The number of benzene rings is 1. The summed E-state index contributed by atoms with van der Waals surface area (Å²) in [4.78, 5) is 22.9. The molecule has 0 saturated carbocycles. The van der Waals surface area contributed by atoms with Crippen LogP contribution < -0.4 is 5.32 Å². The van der Waals surface area contributed by atoms with E-state index < -0.39 is 41.7 Å². The molecule has 0 bridgehead atoms. The van der Waals surface area contributed by atoms with E-state index in [1.807, 2.05) is 5.32 Å². The Morgan fingerprint density at radius 1 is 1.42 bits per heavy atom. The summed E-state index contributed by atoms with van der Waals surface area (Å²) in [7, 11) is 1.06. The van der Waals surface area contributed by atoms with Gasteiger partial charge in [0.15, 0.2) is 6.04 Å². The maximum Gasteiger partial charge on any atom is 0.330 e. The van der Waals surface area contributed by atoms with Gasteiger partial charge in [-0.15, -0.1) is 0 Å². The van der Waals surface area contributed by atoms with Crippen molar-refractivity contribution in [1.82, 2.24) is 5.32 Å². The van der Waals surface area contributed by atoms with Crippen LogP contribution in [0.15, 0.2) is 12.1 Å². The molecule has 0 spiro atoms. The fourth-order valence-electron chi connectivity index (χ4n) is 1.42. The van der Waals surface area contributed by atoms with E-state index in [1.165, 1.54) is 13.0 Å². The summed E-state index contributed by atoms with van der Waals surface area (Å²) in [5, 5.41) is 10.9. The first-order valence-corrected chi connectivity index (χ1v) is 5.36. The highest BCUT2D eigenvalue weighted by molar-refractivity contribution is 5.97. The van der Waals surface area contributed by atoms with E-state index in [2.05, 4.69) is 4.74 Å². The first-order valence-electron chi connectivity index (χ1n) is 5.36. The second kappa shape index (κ2) is 6.24. The minimum absolute atomic E-state index is 0.0881. The van der Waals surface area contributed by atoms with Crippen LogP contribution in [-0.2, 0) is 9.53 Å². The van der Waals surface area contributed by atoms with Gasteiger partial charge in [-0.1, -0.05) is 6.07 Å². The highest BCUT2D eigenvalue weighted by Crippen LogP contribution is 2.16. The topological polar surface area (TPSA) is 75.6 Å². The molecule has 0 fully saturated rings. The number of nitrogens with one attached hydrogen (secondary N) is 1. The zero-order valence-electron chi connectivity index (χ0n) is 10.4. The van der Waals surface area contributed by atoms with Crippen LogP contribution in [0.25, 0.3) is 0 Å². The molecule has 1 atom stereocenters. The number of carbonyl (C=O) groups excluding carboxylic acids is 2. The van der Waals surface area contributed by atoms with Gasteiger partial charge >= 0.3 is 5.97 Å². The number of hydrogen-bond acceptors (Lipinski definition) is 4. The zero-order chi connectivity index (χ0) is 14.6. The summed E-state index contributed by atoms with van der Waals surface area (Å²) in [5.41, 5.74) is -0.715. The molecular formula is C12H13F2NO4. The molecule has 1 amide bonds. The van der Waals surface area contributed by atoms with Gasteiger partial charge in [-0.3, -0.25) is 4.79 Å². The van der Waals surface area contributed by atoms with Crippen molar-refractivity contribution in [3.05, 3.63) is 34.9 Å². The maximum atomic E-state index is 13.7. The molecule has 2 N–H and O–H groups in total. The third-order valence-corrected chi connectivity index (χ3v) is 2.48. The lowest BCUT2D eigenvalue weighted by atomic mass is 10.1. The van der Waals surface area contributed by atoms with Crippen molar-refractivity contribution in [2.24, 2.45) is 0 Å². The quantitative estimate of drug-likeness (QED) is 0.785. The summed E-state index contributed by atoms with van der Waals surface area (Å²) in [5.74, 6) is -4.12. The first-order chi connectivity index (χ1) is 8.92. The molecule has 5 nitrogen and oxygen atoms in total. The van der Waals surface area contributed by atoms with Crippen molar-refractivity contribution in [2.45, 2.75) is 13.0 Å². The van der Waals surface area contributed by atoms with Crippen molar-refractivity contribution in [3.8, 4) is 0 Å². The lowest BCUT2D eigenvalue weighted by molar-refractivity contribution is -0.143. The Morgan fingerprint density at radius 2 is 2.05 bits per heavy atom. The van der Waals surface area contributed by atoms with Crippen LogP contribution in [0.3, 0.4) is 0 Å². The Labute approximate surface area is 108 Å². The molecule has 1 unspecified atom stereocenters. The number of carbonyl (C=O) groups is 2. The average Bonchev–Trinajstić information content (AvgIpc) is 2.39. The Bertz CT molecular complexity index is 505. The maximum absolute atomic E-state index is 13.7. The van der Waals surface area contributed by atoms with E-state index in [4.69, 9.17) is 5.11 Å². The van der Waals surface area contributed by atoms with Crippen LogP contribution >= 0.6 is 0 Å². The SMILES string of the molecule is COC(=O)C(CO)NC(=O)c1c(F)ccc(C)c1F. The molecule has 0 aliphatic rings. The molecule has 19 heavy (non-hydrogen) atoms. The highest BCUT2D eigenvalue weighted by atomic mass is 19.1. The smallest absolute Gasteiger partial charge is 0.330 e. The summed E-state index contributed by atoms with van der Waals surface area (Å²) in [6, 6.07) is 0.752. The van der Waals surface area contributed by atoms with E-state index in [9.17, 15) is 18.4 Å². The molecular weight excluding hydrogens is 260 g/mol. The van der Waals surface area contributed by atoms with E-state index in [0.717, 1.165) is 13.2 Å². The molecule has 0 saturated heterocycles. The molecule has 104 valence electrons. The number of aryl methyl sites for hydroxylation is 1. The molecule has 0 heterocycles. The zero-order valence-corrected chi connectivity index (χ0v) is 10.4. The normalized spacial score (nSPS) is 11.8.